The van der Waals surface area contributed by atoms with E-state index < -0.39 is 17.4 Å². The van der Waals surface area contributed by atoms with Gasteiger partial charge in [0.15, 0.2) is 5.41 Å². The lowest BCUT2D eigenvalue weighted by molar-refractivity contribution is -0.165. The van der Waals surface area contributed by atoms with Crippen LogP contribution in [0.3, 0.4) is 0 Å². The largest absolute Gasteiger partial charge is 0.480 e. The number of nitrogens with zero attached hydrogens (tertiary/aromatic N) is 1. The van der Waals surface area contributed by atoms with Gasteiger partial charge >= 0.3 is 11.9 Å². The molecule has 0 aliphatic carbocycles. The Hall–Kier alpha value is -1.88. The Morgan fingerprint density at radius 2 is 1.61 bits per heavy atom. The van der Waals surface area contributed by atoms with E-state index in [1.54, 1.807) is 49.3 Å². The third-order valence-electron chi connectivity index (χ3n) is 2.75. The third kappa shape index (κ3) is 3.07. The van der Waals surface area contributed by atoms with E-state index in [4.69, 9.17) is 0 Å². The summed E-state index contributed by atoms with van der Waals surface area (Å²) in [6, 6.07) is 8.80. The summed E-state index contributed by atoms with van der Waals surface area (Å²) in [5, 5.41) is 18.6. The first-order chi connectivity index (χ1) is 8.38. The lowest BCUT2D eigenvalue weighted by Gasteiger charge is -2.28. The summed E-state index contributed by atoms with van der Waals surface area (Å²) in [5.74, 6) is -2.62. The summed E-state index contributed by atoms with van der Waals surface area (Å²) in [5.41, 5.74) is -1.12. The van der Waals surface area contributed by atoms with E-state index in [-0.39, 0.29) is 13.0 Å². The van der Waals surface area contributed by atoms with Crippen LogP contribution < -0.4 is 0 Å². The molecule has 2 N–H and O–H groups in total. The molecule has 5 nitrogen and oxygen atoms in total. The Kier molecular flexibility index (Phi) is 4.44. The van der Waals surface area contributed by atoms with Crippen molar-refractivity contribution in [2.24, 2.45) is 5.41 Å². The first-order valence-corrected chi connectivity index (χ1v) is 5.54. The van der Waals surface area contributed by atoms with Crippen LogP contribution in [0.15, 0.2) is 30.3 Å². The molecule has 0 aliphatic rings. The van der Waals surface area contributed by atoms with E-state index in [0.29, 0.717) is 5.56 Å². The van der Waals surface area contributed by atoms with Gasteiger partial charge in [-0.15, -0.1) is 0 Å². The van der Waals surface area contributed by atoms with Gasteiger partial charge in [0.1, 0.15) is 0 Å². The number of benzene rings is 1. The van der Waals surface area contributed by atoms with Crippen LogP contribution in [0.1, 0.15) is 5.56 Å². The topological polar surface area (TPSA) is 77.8 Å². The van der Waals surface area contributed by atoms with Crippen LogP contribution in [0.5, 0.6) is 0 Å². The normalized spacial score (nSPS) is 11.5. The van der Waals surface area contributed by atoms with Gasteiger partial charge in [-0.25, -0.2) is 0 Å². The van der Waals surface area contributed by atoms with Gasteiger partial charge in [-0.05, 0) is 19.7 Å². The van der Waals surface area contributed by atoms with Crippen molar-refractivity contribution in [3.05, 3.63) is 35.9 Å². The molecule has 0 amide bonds. The van der Waals surface area contributed by atoms with Crippen LogP contribution in [0.25, 0.3) is 0 Å². The van der Waals surface area contributed by atoms with Gasteiger partial charge in [0.05, 0.1) is 0 Å². The molecule has 1 aromatic carbocycles. The van der Waals surface area contributed by atoms with E-state index in [9.17, 15) is 19.8 Å². The smallest absolute Gasteiger partial charge is 0.322 e. The Morgan fingerprint density at radius 1 is 1.11 bits per heavy atom. The van der Waals surface area contributed by atoms with Crippen LogP contribution in [-0.4, -0.2) is 47.7 Å². The molecular formula is C13H17NO4. The summed E-state index contributed by atoms with van der Waals surface area (Å²) in [6.07, 6.45) is -0.0311. The van der Waals surface area contributed by atoms with Crippen molar-refractivity contribution in [1.29, 1.82) is 0 Å². The van der Waals surface area contributed by atoms with Gasteiger partial charge in [-0.1, -0.05) is 30.3 Å². The van der Waals surface area contributed by atoms with Crippen molar-refractivity contribution in [3.63, 3.8) is 0 Å². The van der Waals surface area contributed by atoms with E-state index in [2.05, 4.69) is 0 Å². The summed E-state index contributed by atoms with van der Waals surface area (Å²) in [4.78, 5) is 24.4. The highest BCUT2D eigenvalue weighted by molar-refractivity contribution is 5.98. The molecule has 0 bridgehead atoms. The van der Waals surface area contributed by atoms with E-state index in [0.717, 1.165) is 0 Å². The molecule has 0 saturated heterocycles. The summed E-state index contributed by atoms with van der Waals surface area (Å²) >= 11 is 0. The fraction of sp³-hybridized carbons (Fsp3) is 0.385. The molecule has 0 atom stereocenters. The van der Waals surface area contributed by atoms with Crippen molar-refractivity contribution in [3.8, 4) is 0 Å². The molecule has 0 spiro atoms. The second-order valence-corrected chi connectivity index (χ2v) is 4.59. The van der Waals surface area contributed by atoms with Crippen molar-refractivity contribution in [2.75, 3.05) is 20.6 Å². The molecule has 1 aromatic rings. The van der Waals surface area contributed by atoms with Crippen LogP contribution in [-0.2, 0) is 16.0 Å². The summed E-state index contributed by atoms with van der Waals surface area (Å²) < 4.78 is 0. The zero-order valence-electron chi connectivity index (χ0n) is 10.5. The fourth-order valence-corrected chi connectivity index (χ4v) is 1.92. The van der Waals surface area contributed by atoms with E-state index in [1.807, 2.05) is 0 Å². The molecule has 0 saturated carbocycles. The molecule has 5 heteroatoms. The molecule has 0 aromatic heterocycles. The number of hydrogen-bond donors (Lipinski definition) is 2. The van der Waals surface area contributed by atoms with Gasteiger partial charge in [0.2, 0.25) is 0 Å². The van der Waals surface area contributed by atoms with Crippen LogP contribution >= 0.6 is 0 Å². The summed E-state index contributed by atoms with van der Waals surface area (Å²) in [6.45, 7) is -0.0490. The zero-order chi connectivity index (χ0) is 13.8. The zero-order valence-corrected chi connectivity index (χ0v) is 10.5. The van der Waals surface area contributed by atoms with Gasteiger partial charge in [-0.3, -0.25) is 9.59 Å². The maximum Gasteiger partial charge on any atom is 0.322 e. The molecule has 0 fully saturated rings. The predicted octanol–water partition coefficient (Wildman–Crippen LogP) is 0.946. The first kappa shape index (κ1) is 14.2. The number of aliphatic carboxylic acids is 2. The molecule has 0 heterocycles. The number of rotatable bonds is 6. The molecule has 98 valence electrons. The standard InChI is InChI=1S/C13H17NO4/c1-14(2)9-13(11(15)16,12(17)18)8-10-6-4-3-5-7-10/h3-7H,8-9H2,1-2H3,(H,15,16)(H,17,18). The second-order valence-electron chi connectivity index (χ2n) is 4.59. The fourth-order valence-electron chi connectivity index (χ4n) is 1.92. The summed E-state index contributed by atoms with van der Waals surface area (Å²) in [7, 11) is 3.32. The lowest BCUT2D eigenvalue weighted by Crippen LogP contribution is -2.48. The van der Waals surface area contributed by atoms with E-state index >= 15 is 0 Å². The van der Waals surface area contributed by atoms with Crippen molar-refractivity contribution in [2.45, 2.75) is 6.42 Å². The first-order valence-electron chi connectivity index (χ1n) is 5.54. The van der Waals surface area contributed by atoms with E-state index in [1.165, 1.54) is 0 Å². The van der Waals surface area contributed by atoms with Crippen molar-refractivity contribution < 1.29 is 19.8 Å². The average molecular weight is 251 g/mol. The van der Waals surface area contributed by atoms with Crippen LogP contribution in [0.4, 0.5) is 0 Å². The van der Waals surface area contributed by atoms with Gasteiger partial charge in [0, 0.05) is 13.0 Å². The number of carboxylic acids is 2. The predicted molar refractivity (Wildman–Crippen MR) is 66.4 cm³/mol. The van der Waals surface area contributed by atoms with Crippen LogP contribution in [0, 0.1) is 5.41 Å². The Labute approximate surface area is 106 Å². The lowest BCUT2D eigenvalue weighted by atomic mass is 9.81. The quantitative estimate of drug-likeness (QED) is 0.736. The van der Waals surface area contributed by atoms with Gasteiger partial charge < -0.3 is 15.1 Å². The third-order valence-corrected chi connectivity index (χ3v) is 2.75. The molecule has 1 rings (SSSR count). The van der Waals surface area contributed by atoms with Crippen LogP contribution in [0.2, 0.25) is 0 Å². The van der Waals surface area contributed by atoms with Crippen molar-refractivity contribution in [1.82, 2.24) is 4.90 Å². The SMILES string of the molecule is CN(C)CC(Cc1ccccc1)(C(=O)O)C(=O)O. The van der Waals surface area contributed by atoms with Gasteiger partial charge in [-0.2, -0.15) is 0 Å². The Morgan fingerprint density at radius 3 is 2.00 bits per heavy atom. The molecule has 18 heavy (non-hydrogen) atoms. The van der Waals surface area contributed by atoms with Crippen molar-refractivity contribution >= 4 is 11.9 Å². The number of hydrogen-bond acceptors (Lipinski definition) is 3. The Balaban J connectivity index is 3.10. The minimum Gasteiger partial charge on any atom is -0.480 e. The second kappa shape index (κ2) is 5.64. The van der Waals surface area contributed by atoms with Gasteiger partial charge in [0.25, 0.3) is 0 Å². The molecular weight excluding hydrogens is 234 g/mol. The minimum absolute atomic E-state index is 0.0311. The maximum absolute atomic E-state index is 11.4. The maximum atomic E-state index is 11.4. The number of carbonyl (C=O) groups is 2. The Bertz CT molecular complexity index is 414. The highest BCUT2D eigenvalue weighted by Crippen LogP contribution is 2.25. The molecule has 0 aliphatic heterocycles. The molecule has 0 unspecified atom stereocenters. The molecule has 0 radical (unpaired) electrons. The number of carboxylic acid groups (broad SMARTS) is 2. The highest BCUT2D eigenvalue weighted by atomic mass is 16.4. The minimum atomic E-state index is -1.81. The average Bonchev–Trinajstić information content (AvgIpc) is 2.28. The highest BCUT2D eigenvalue weighted by Gasteiger charge is 2.47. The monoisotopic (exact) mass is 251 g/mol.